The Morgan fingerprint density at radius 3 is 2.68 bits per heavy atom. The van der Waals surface area contributed by atoms with E-state index in [4.69, 9.17) is 26.5 Å². The molecule has 5 nitrogen and oxygen atoms in total. The van der Waals surface area contributed by atoms with Gasteiger partial charge in [-0.15, -0.1) is 5.10 Å². The number of nitrogens with two attached hydrogens (primary N) is 1. The first-order valence-electron chi connectivity index (χ1n) is 6.69. The highest BCUT2D eigenvalue weighted by Gasteiger charge is 2.10. The second kappa shape index (κ2) is 6.07. The molecule has 0 radical (unpaired) electrons. The smallest absolute Gasteiger partial charge is 0.313 e. The van der Waals surface area contributed by atoms with Crippen LogP contribution in [0.15, 0.2) is 46.9 Å². The zero-order chi connectivity index (χ0) is 15.5. The maximum absolute atomic E-state index is 6.25. The van der Waals surface area contributed by atoms with Crippen molar-refractivity contribution in [2.45, 2.75) is 13.5 Å². The van der Waals surface area contributed by atoms with Crippen LogP contribution in [0.25, 0.3) is 11.5 Å². The minimum absolute atomic E-state index is 0.0194. The molecule has 3 aromatic rings. The third kappa shape index (κ3) is 3.04. The Morgan fingerprint density at radius 1 is 1.18 bits per heavy atom. The molecular weight excluding hydrogens is 302 g/mol. The van der Waals surface area contributed by atoms with Crippen LogP contribution in [-0.4, -0.2) is 10.2 Å². The number of nitrogen functional groups attached to an aromatic ring is 1. The number of anilines is 1. The van der Waals surface area contributed by atoms with Gasteiger partial charge in [0.15, 0.2) is 0 Å². The zero-order valence-corrected chi connectivity index (χ0v) is 12.7. The Morgan fingerprint density at radius 2 is 2.00 bits per heavy atom. The van der Waals surface area contributed by atoms with E-state index in [0.29, 0.717) is 28.8 Å². The van der Waals surface area contributed by atoms with Gasteiger partial charge in [0.05, 0.1) is 5.02 Å². The quantitative estimate of drug-likeness (QED) is 0.791. The van der Waals surface area contributed by atoms with E-state index < -0.39 is 0 Å². The van der Waals surface area contributed by atoms with Gasteiger partial charge >= 0.3 is 6.01 Å². The fourth-order valence-electron chi connectivity index (χ4n) is 2.03. The molecule has 0 bridgehead atoms. The molecule has 0 aliphatic carbocycles. The average molecular weight is 316 g/mol. The fourth-order valence-corrected chi connectivity index (χ4v) is 2.26. The molecule has 0 unspecified atom stereocenters. The molecule has 0 spiro atoms. The number of ether oxygens (including phenoxy) is 1. The first-order valence-corrected chi connectivity index (χ1v) is 7.07. The largest absolute Gasteiger partial charge is 0.487 e. The van der Waals surface area contributed by atoms with Gasteiger partial charge in [-0.2, -0.15) is 0 Å². The highest BCUT2D eigenvalue weighted by molar-refractivity contribution is 6.32. The maximum atomic E-state index is 6.25. The lowest BCUT2D eigenvalue weighted by Crippen LogP contribution is -1.98. The van der Waals surface area contributed by atoms with E-state index in [-0.39, 0.29) is 6.01 Å². The second-order valence-corrected chi connectivity index (χ2v) is 5.21. The van der Waals surface area contributed by atoms with Crippen molar-refractivity contribution >= 4 is 17.6 Å². The Kier molecular flexibility index (Phi) is 3.98. The van der Waals surface area contributed by atoms with Gasteiger partial charge in [0.2, 0.25) is 5.89 Å². The van der Waals surface area contributed by atoms with Gasteiger partial charge in [-0.05, 0) is 36.2 Å². The Labute approximate surface area is 132 Å². The molecular formula is C16H14ClN3O2. The molecule has 0 aliphatic heterocycles. The van der Waals surface area contributed by atoms with Crippen LogP contribution < -0.4 is 10.5 Å². The molecule has 0 saturated heterocycles. The molecule has 2 N–H and O–H groups in total. The molecule has 0 amide bonds. The molecule has 6 heteroatoms. The molecule has 0 aliphatic rings. The summed E-state index contributed by atoms with van der Waals surface area (Å²) in [4.78, 5) is 0. The van der Waals surface area contributed by atoms with Gasteiger partial charge in [-0.1, -0.05) is 41.0 Å². The minimum atomic E-state index is 0.0194. The third-order valence-corrected chi connectivity index (χ3v) is 3.56. The lowest BCUT2D eigenvalue weighted by Gasteiger charge is -2.10. The molecule has 112 valence electrons. The second-order valence-electron chi connectivity index (χ2n) is 4.81. The van der Waals surface area contributed by atoms with E-state index in [1.165, 1.54) is 5.56 Å². The first kappa shape index (κ1) is 14.4. The van der Waals surface area contributed by atoms with Crippen LogP contribution in [0.4, 0.5) is 6.01 Å². The van der Waals surface area contributed by atoms with Crippen molar-refractivity contribution < 1.29 is 9.15 Å². The van der Waals surface area contributed by atoms with Crippen LogP contribution in [0.2, 0.25) is 5.02 Å². The van der Waals surface area contributed by atoms with Crippen LogP contribution in [-0.2, 0) is 6.61 Å². The Hall–Kier alpha value is -2.53. The summed E-state index contributed by atoms with van der Waals surface area (Å²) in [6.07, 6.45) is 0. The lowest BCUT2D eigenvalue weighted by molar-refractivity contribution is 0.305. The summed E-state index contributed by atoms with van der Waals surface area (Å²) in [5, 5.41) is 7.91. The molecule has 0 fully saturated rings. The topological polar surface area (TPSA) is 74.2 Å². The van der Waals surface area contributed by atoms with Crippen molar-refractivity contribution in [2.75, 3.05) is 5.73 Å². The predicted octanol–water partition coefficient (Wildman–Crippen LogP) is 3.86. The molecule has 3 rings (SSSR count). The van der Waals surface area contributed by atoms with Gasteiger partial charge in [-0.3, -0.25) is 0 Å². The molecule has 22 heavy (non-hydrogen) atoms. The molecule has 0 atom stereocenters. The summed E-state index contributed by atoms with van der Waals surface area (Å²) >= 11 is 6.25. The summed E-state index contributed by atoms with van der Waals surface area (Å²) < 4.78 is 10.9. The van der Waals surface area contributed by atoms with Gasteiger partial charge in [0, 0.05) is 5.56 Å². The predicted molar refractivity (Wildman–Crippen MR) is 84.7 cm³/mol. The van der Waals surface area contributed by atoms with Crippen molar-refractivity contribution in [1.29, 1.82) is 0 Å². The van der Waals surface area contributed by atoms with Crippen molar-refractivity contribution in [3.05, 3.63) is 58.6 Å². The van der Waals surface area contributed by atoms with E-state index in [9.17, 15) is 0 Å². The number of benzene rings is 2. The summed E-state index contributed by atoms with van der Waals surface area (Å²) in [5.74, 6) is 0.922. The van der Waals surface area contributed by atoms with Crippen molar-refractivity contribution in [3.8, 4) is 17.2 Å². The number of hydrogen-bond acceptors (Lipinski definition) is 5. The van der Waals surface area contributed by atoms with Gasteiger partial charge in [0.25, 0.3) is 0 Å². The van der Waals surface area contributed by atoms with Gasteiger partial charge in [0.1, 0.15) is 12.4 Å². The highest BCUT2D eigenvalue weighted by Crippen LogP contribution is 2.30. The molecule has 0 saturated carbocycles. The molecule has 2 aromatic carbocycles. The van der Waals surface area contributed by atoms with Crippen molar-refractivity contribution in [1.82, 2.24) is 10.2 Å². The number of rotatable bonds is 4. The fraction of sp³-hybridized carbons (Fsp3) is 0.125. The van der Waals surface area contributed by atoms with E-state index in [1.807, 2.05) is 31.2 Å². The van der Waals surface area contributed by atoms with Crippen LogP contribution in [0.5, 0.6) is 5.75 Å². The SMILES string of the molecule is Cc1ccccc1COc1ccc(-c2nnc(N)o2)cc1Cl. The highest BCUT2D eigenvalue weighted by atomic mass is 35.5. The Bertz CT molecular complexity index is 802. The number of aryl methyl sites for hydroxylation is 1. The lowest BCUT2D eigenvalue weighted by atomic mass is 10.1. The van der Waals surface area contributed by atoms with Gasteiger partial charge < -0.3 is 14.9 Å². The van der Waals surface area contributed by atoms with Crippen molar-refractivity contribution in [2.24, 2.45) is 0 Å². The van der Waals surface area contributed by atoms with Crippen LogP contribution in [0.1, 0.15) is 11.1 Å². The summed E-state index contributed by atoms with van der Waals surface area (Å²) in [7, 11) is 0. The number of nitrogens with zero attached hydrogens (tertiary/aromatic N) is 2. The van der Waals surface area contributed by atoms with E-state index >= 15 is 0 Å². The summed E-state index contributed by atoms with van der Waals surface area (Å²) in [6.45, 7) is 2.50. The van der Waals surface area contributed by atoms with Crippen LogP contribution in [0, 0.1) is 6.92 Å². The maximum Gasteiger partial charge on any atom is 0.313 e. The zero-order valence-electron chi connectivity index (χ0n) is 11.9. The Balaban J connectivity index is 1.77. The summed E-state index contributed by atoms with van der Waals surface area (Å²) in [6, 6.07) is 13.4. The van der Waals surface area contributed by atoms with Crippen LogP contribution in [0.3, 0.4) is 0 Å². The van der Waals surface area contributed by atoms with Crippen LogP contribution >= 0.6 is 11.6 Å². The average Bonchev–Trinajstić information content (AvgIpc) is 2.94. The van der Waals surface area contributed by atoms with E-state index in [1.54, 1.807) is 18.2 Å². The summed E-state index contributed by atoms with van der Waals surface area (Å²) in [5.41, 5.74) is 8.40. The standard InChI is InChI=1S/C16H14ClN3O2/c1-10-4-2-3-5-12(10)9-21-14-7-6-11(8-13(14)17)15-19-20-16(18)22-15/h2-8H,9H2,1H3,(H2,18,20). The molecule has 1 heterocycles. The monoisotopic (exact) mass is 315 g/mol. The van der Waals surface area contributed by atoms with Gasteiger partial charge in [-0.25, -0.2) is 0 Å². The number of aromatic nitrogens is 2. The molecule has 1 aromatic heterocycles. The number of hydrogen-bond donors (Lipinski definition) is 1. The third-order valence-electron chi connectivity index (χ3n) is 3.26. The van der Waals surface area contributed by atoms with Crippen molar-refractivity contribution in [3.63, 3.8) is 0 Å². The minimum Gasteiger partial charge on any atom is -0.487 e. The number of halogens is 1. The van der Waals surface area contributed by atoms with E-state index in [0.717, 1.165) is 5.56 Å². The first-order chi connectivity index (χ1) is 10.6. The van der Waals surface area contributed by atoms with E-state index in [2.05, 4.69) is 10.2 Å². The normalized spacial score (nSPS) is 10.6.